The Labute approximate surface area is 137 Å². The second-order valence-electron chi connectivity index (χ2n) is 5.94. The fraction of sp³-hybridized carbons (Fsp3) is 0.562. The number of amides is 1. The van der Waals surface area contributed by atoms with Crippen LogP contribution in [0.15, 0.2) is 24.3 Å². The number of carbonyl (C=O) groups is 1. The lowest BCUT2D eigenvalue weighted by Gasteiger charge is -2.36. The second-order valence-corrected chi connectivity index (χ2v) is 5.94. The van der Waals surface area contributed by atoms with Crippen LogP contribution in [-0.2, 0) is 4.79 Å². The van der Waals surface area contributed by atoms with Crippen molar-refractivity contribution in [3.05, 3.63) is 35.6 Å². The molecule has 2 rings (SSSR count). The van der Waals surface area contributed by atoms with Crippen LogP contribution in [0.5, 0.6) is 0 Å². The third-order valence-corrected chi connectivity index (χ3v) is 3.64. The maximum Gasteiger partial charge on any atom is 0.234 e. The van der Waals surface area contributed by atoms with Crippen LogP contribution in [0.1, 0.15) is 25.5 Å². The monoisotopic (exact) mass is 329 g/mol. The largest absolute Gasteiger partial charge is 0.355 e. The minimum Gasteiger partial charge on any atom is -0.355 e. The molecule has 1 aromatic carbocycles. The van der Waals surface area contributed by atoms with Crippen LogP contribution in [0.3, 0.4) is 0 Å². The first-order chi connectivity index (χ1) is 10.1. The standard InChI is InChI=1S/C16H24FN3O.ClH/c1-12(2)9-19-16(21)11-20-7-6-18-10-15(20)13-4-3-5-14(17)8-13;/h3-5,8,12,15,18H,6-7,9-11H2,1-2H3,(H,19,21);1H. The van der Waals surface area contributed by atoms with Crippen molar-refractivity contribution in [1.29, 1.82) is 0 Å². The van der Waals surface area contributed by atoms with Crippen molar-refractivity contribution in [2.45, 2.75) is 19.9 Å². The Kier molecular flexibility index (Phi) is 7.79. The summed E-state index contributed by atoms with van der Waals surface area (Å²) in [4.78, 5) is 14.1. The highest BCUT2D eigenvalue weighted by Crippen LogP contribution is 2.22. The number of hydrogen-bond donors (Lipinski definition) is 2. The normalized spacial score (nSPS) is 18.8. The summed E-state index contributed by atoms with van der Waals surface area (Å²) in [5.41, 5.74) is 0.916. The Morgan fingerprint density at radius 3 is 2.95 bits per heavy atom. The van der Waals surface area contributed by atoms with Crippen molar-refractivity contribution in [2.24, 2.45) is 5.92 Å². The van der Waals surface area contributed by atoms with Crippen molar-refractivity contribution < 1.29 is 9.18 Å². The fourth-order valence-corrected chi connectivity index (χ4v) is 2.54. The third-order valence-electron chi connectivity index (χ3n) is 3.64. The minimum atomic E-state index is -0.234. The zero-order valence-corrected chi connectivity index (χ0v) is 14.0. The molecule has 0 aromatic heterocycles. The molecule has 1 aliphatic rings. The van der Waals surface area contributed by atoms with Crippen LogP contribution >= 0.6 is 12.4 Å². The number of halogens is 2. The van der Waals surface area contributed by atoms with Crippen molar-refractivity contribution >= 4 is 18.3 Å². The van der Waals surface area contributed by atoms with Gasteiger partial charge in [-0.05, 0) is 23.6 Å². The minimum absolute atomic E-state index is 0. The van der Waals surface area contributed by atoms with E-state index in [4.69, 9.17) is 0 Å². The Bertz CT molecular complexity index is 484. The number of rotatable bonds is 5. The molecular weight excluding hydrogens is 305 g/mol. The van der Waals surface area contributed by atoms with E-state index in [0.717, 1.165) is 25.2 Å². The van der Waals surface area contributed by atoms with Gasteiger partial charge in [0.1, 0.15) is 5.82 Å². The van der Waals surface area contributed by atoms with Crippen LogP contribution < -0.4 is 10.6 Å². The van der Waals surface area contributed by atoms with E-state index in [9.17, 15) is 9.18 Å². The molecule has 1 atom stereocenters. The fourth-order valence-electron chi connectivity index (χ4n) is 2.54. The van der Waals surface area contributed by atoms with Gasteiger partial charge in [-0.25, -0.2) is 4.39 Å². The number of carbonyl (C=O) groups excluding carboxylic acids is 1. The molecule has 1 unspecified atom stereocenters. The van der Waals surface area contributed by atoms with Gasteiger partial charge in [-0.1, -0.05) is 26.0 Å². The van der Waals surface area contributed by atoms with Crippen molar-refractivity contribution in [3.8, 4) is 0 Å². The quantitative estimate of drug-likeness (QED) is 0.868. The Morgan fingerprint density at radius 1 is 1.50 bits per heavy atom. The van der Waals surface area contributed by atoms with Gasteiger partial charge in [-0.2, -0.15) is 0 Å². The summed E-state index contributed by atoms with van der Waals surface area (Å²) in [5.74, 6) is 0.241. The molecular formula is C16H25ClFN3O. The molecule has 0 radical (unpaired) electrons. The van der Waals surface area contributed by atoms with E-state index in [1.54, 1.807) is 12.1 Å². The Hall–Kier alpha value is -1.17. The zero-order chi connectivity index (χ0) is 15.2. The summed E-state index contributed by atoms with van der Waals surface area (Å²) < 4.78 is 13.4. The molecule has 0 aliphatic carbocycles. The molecule has 6 heteroatoms. The lowest BCUT2D eigenvalue weighted by Crippen LogP contribution is -2.49. The van der Waals surface area contributed by atoms with Gasteiger partial charge in [0, 0.05) is 32.2 Å². The molecule has 1 saturated heterocycles. The molecule has 2 N–H and O–H groups in total. The highest BCUT2D eigenvalue weighted by Gasteiger charge is 2.25. The molecule has 1 aromatic rings. The first-order valence-electron chi connectivity index (χ1n) is 7.53. The third kappa shape index (κ3) is 5.55. The summed E-state index contributed by atoms with van der Waals surface area (Å²) in [6.07, 6.45) is 0. The van der Waals surface area contributed by atoms with Crippen LogP contribution in [-0.4, -0.2) is 43.5 Å². The van der Waals surface area contributed by atoms with Gasteiger partial charge in [-0.15, -0.1) is 12.4 Å². The molecule has 1 fully saturated rings. The van der Waals surface area contributed by atoms with Gasteiger partial charge in [0.05, 0.1) is 6.54 Å². The Balaban J connectivity index is 0.00000242. The van der Waals surface area contributed by atoms with E-state index < -0.39 is 0 Å². The SMILES string of the molecule is CC(C)CNC(=O)CN1CCNCC1c1cccc(F)c1.Cl. The molecule has 22 heavy (non-hydrogen) atoms. The van der Waals surface area contributed by atoms with E-state index in [1.807, 2.05) is 6.07 Å². The van der Waals surface area contributed by atoms with E-state index in [-0.39, 0.29) is 30.2 Å². The molecule has 124 valence electrons. The lowest BCUT2D eigenvalue weighted by molar-refractivity contribution is -0.123. The van der Waals surface area contributed by atoms with E-state index in [0.29, 0.717) is 19.0 Å². The molecule has 0 bridgehead atoms. The number of nitrogens with zero attached hydrogens (tertiary/aromatic N) is 1. The van der Waals surface area contributed by atoms with Gasteiger partial charge >= 0.3 is 0 Å². The van der Waals surface area contributed by atoms with E-state index in [1.165, 1.54) is 6.07 Å². The Morgan fingerprint density at radius 2 is 2.27 bits per heavy atom. The first-order valence-corrected chi connectivity index (χ1v) is 7.53. The summed E-state index contributed by atoms with van der Waals surface area (Å²) in [6, 6.07) is 6.67. The van der Waals surface area contributed by atoms with Crippen LogP contribution in [0.25, 0.3) is 0 Å². The zero-order valence-electron chi connectivity index (χ0n) is 13.1. The first kappa shape index (κ1) is 18.9. The van der Waals surface area contributed by atoms with Gasteiger partial charge in [0.25, 0.3) is 0 Å². The van der Waals surface area contributed by atoms with Crippen LogP contribution in [0.4, 0.5) is 4.39 Å². The molecule has 1 aliphatic heterocycles. The van der Waals surface area contributed by atoms with Crippen LogP contribution in [0.2, 0.25) is 0 Å². The van der Waals surface area contributed by atoms with Gasteiger partial charge in [0.15, 0.2) is 0 Å². The number of benzene rings is 1. The smallest absolute Gasteiger partial charge is 0.234 e. The van der Waals surface area contributed by atoms with Gasteiger partial charge in [0.2, 0.25) is 5.91 Å². The number of piperazine rings is 1. The highest BCUT2D eigenvalue weighted by atomic mass is 35.5. The summed E-state index contributed by atoms with van der Waals surface area (Å²) in [6.45, 7) is 7.56. The number of hydrogen-bond acceptors (Lipinski definition) is 3. The van der Waals surface area contributed by atoms with E-state index in [2.05, 4.69) is 29.4 Å². The summed E-state index contributed by atoms with van der Waals surface area (Å²) >= 11 is 0. The van der Waals surface area contributed by atoms with Crippen LogP contribution in [0, 0.1) is 11.7 Å². The summed E-state index contributed by atoms with van der Waals surface area (Å²) in [7, 11) is 0. The average molecular weight is 330 g/mol. The molecule has 1 heterocycles. The molecule has 1 amide bonds. The van der Waals surface area contributed by atoms with E-state index >= 15 is 0 Å². The van der Waals surface area contributed by atoms with Crippen molar-refractivity contribution in [2.75, 3.05) is 32.7 Å². The maximum atomic E-state index is 13.4. The molecule has 4 nitrogen and oxygen atoms in total. The number of nitrogens with one attached hydrogen (secondary N) is 2. The van der Waals surface area contributed by atoms with Gasteiger partial charge < -0.3 is 10.6 Å². The maximum absolute atomic E-state index is 13.4. The summed E-state index contributed by atoms with van der Waals surface area (Å²) in [5, 5.41) is 6.25. The molecule has 0 saturated carbocycles. The highest BCUT2D eigenvalue weighted by molar-refractivity contribution is 5.85. The lowest BCUT2D eigenvalue weighted by atomic mass is 10.0. The average Bonchev–Trinajstić information content (AvgIpc) is 2.46. The molecule has 0 spiro atoms. The predicted octanol–water partition coefficient (Wildman–Crippen LogP) is 1.97. The van der Waals surface area contributed by atoms with Crippen molar-refractivity contribution in [3.63, 3.8) is 0 Å². The predicted molar refractivity (Wildman–Crippen MR) is 88.7 cm³/mol. The topological polar surface area (TPSA) is 44.4 Å². The van der Waals surface area contributed by atoms with Crippen molar-refractivity contribution in [1.82, 2.24) is 15.5 Å². The van der Waals surface area contributed by atoms with Gasteiger partial charge in [-0.3, -0.25) is 9.69 Å². The second kappa shape index (κ2) is 9.08.